The highest BCUT2D eigenvalue weighted by molar-refractivity contribution is 6.23. The van der Waals surface area contributed by atoms with Crippen molar-refractivity contribution in [1.29, 1.82) is 0 Å². The van der Waals surface area contributed by atoms with Gasteiger partial charge in [0, 0.05) is 13.6 Å². The van der Waals surface area contributed by atoms with Crippen LogP contribution in [0.2, 0.25) is 0 Å². The summed E-state index contributed by atoms with van der Waals surface area (Å²) in [6.45, 7) is 10.5. The first-order chi connectivity index (χ1) is 11.8. The maximum Gasteiger partial charge on any atom is 0.417 e. The average Bonchev–Trinajstić information content (AvgIpc) is 2.97. The van der Waals surface area contributed by atoms with Crippen molar-refractivity contribution >= 4 is 29.4 Å². The van der Waals surface area contributed by atoms with Gasteiger partial charge in [0.1, 0.15) is 6.04 Å². The second-order valence-electron chi connectivity index (χ2n) is 7.12. The van der Waals surface area contributed by atoms with E-state index in [1.807, 2.05) is 44.2 Å². The van der Waals surface area contributed by atoms with E-state index in [-0.39, 0.29) is 24.0 Å². The minimum absolute atomic E-state index is 0.0465. The largest absolute Gasteiger partial charge is 0.417 e. The molecule has 0 spiro atoms. The summed E-state index contributed by atoms with van der Waals surface area (Å²) in [4.78, 5) is 33.3. The van der Waals surface area contributed by atoms with Crippen molar-refractivity contribution in [3.63, 3.8) is 0 Å². The van der Waals surface area contributed by atoms with Gasteiger partial charge in [-0.2, -0.15) is 0 Å². The number of amides is 3. The van der Waals surface area contributed by atoms with E-state index in [4.69, 9.17) is 0 Å². The van der Waals surface area contributed by atoms with Crippen molar-refractivity contribution in [3.8, 4) is 0 Å². The van der Waals surface area contributed by atoms with Crippen molar-refractivity contribution < 1.29 is 14.2 Å². The predicted octanol–water partition coefficient (Wildman–Crippen LogP) is 1.32. The Bertz CT molecular complexity index is 708. The molecule has 25 heavy (non-hydrogen) atoms. The van der Waals surface area contributed by atoms with Crippen molar-refractivity contribution in [1.82, 2.24) is 14.8 Å². The second-order valence-corrected chi connectivity index (χ2v) is 7.12. The van der Waals surface area contributed by atoms with Gasteiger partial charge in [-0.25, -0.2) is 9.37 Å². The van der Waals surface area contributed by atoms with Gasteiger partial charge in [0.2, 0.25) is 11.9 Å². The number of carbonyl (C=O) groups excluding carboxylic acids is 2. The molecule has 8 heteroatoms. The Hall–Kier alpha value is -2.25. The topological polar surface area (TPSA) is 71.6 Å². The molecule has 1 saturated heterocycles. The first-order valence-electron chi connectivity index (χ1n) is 8.96. The van der Waals surface area contributed by atoms with Crippen molar-refractivity contribution in [2.75, 3.05) is 13.6 Å². The fourth-order valence-corrected chi connectivity index (χ4v) is 3.40. The van der Waals surface area contributed by atoms with Crippen LogP contribution in [0.25, 0.3) is 0 Å². The Morgan fingerprint density at radius 3 is 2.56 bits per heavy atom. The normalized spacial score (nSPS) is 26.3. The summed E-state index contributed by atoms with van der Waals surface area (Å²) < 4.78 is 2.00. The molecule has 2 unspecified atom stereocenters. The Kier molecular flexibility index (Phi) is 4.38. The number of hydrazone groups is 1. The van der Waals surface area contributed by atoms with Gasteiger partial charge in [-0.3, -0.25) is 14.6 Å². The summed E-state index contributed by atoms with van der Waals surface area (Å²) >= 11 is 0. The highest BCUT2D eigenvalue weighted by Gasteiger charge is 2.56. The summed E-state index contributed by atoms with van der Waals surface area (Å²) in [5, 5.41) is 6.47. The Morgan fingerprint density at radius 1 is 1.28 bits per heavy atom. The molecule has 0 aliphatic carbocycles. The van der Waals surface area contributed by atoms with Crippen LogP contribution in [-0.4, -0.2) is 80.5 Å². The fraction of sp³-hybridized carbons (Fsp3) is 0.706. The van der Waals surface area contributed by atoms with E-state index < -0.39 is 6.04 Å². The van der Waals surface area contributed by atoms with Crippen LogP contribution in [-0.2, 0) is 4.79 Å². The smallest absolute Gasteiger partial charge is 0.270 e. The molecule has 0 N–H and O–H groups in total. The summed E-state index contributed by atoms with van der Waals surface area (Å²) in [5.41, 5.74) is 0.932. The van der Waals surface area contributed by atoms with E-state index in [9.17, 15) is 9.59 Å². The molecule has 3 aliphatic rings. The average molecular weight is 347 g/mol. The van der Waals surface area contributed by atoms with E-state index in [2.05, 4.69) is 10.1 Å². The van der Waals surface area contributed by atoms with Gasteiger partial charge in [0.25, 0.3) is 5.91 Å². The predicted molar refractivity (Wildman–Crippen MR) is 95.8 cm³/mol. The number of nitrogens with zero attached hydrogens (tertiary/aromatic N) is 6. The molecule has 0 radical (unpaired) electrons. The summed E-state index contributed by atoms with van der Waals surface area (Å²) in [6.07, 6.45) is 1.73. The van der Waals surface area contributed by atoms with Gasteiger partial charge < -0.3 is 0 Å². The molecule has 0 aromatic heterocycles. The number of likely N-dealkylation sites (N-methyl/N-ethyl adjacent to an activating group) is 1. The molecule has 3 amide bonds. The standard InChI is InChI=1S/C17H27N6O2/c1-7-8-9-21-15(24)13-14(20(6)17(21)25)18-16-22(13)12(5)11(4)19-23(16)10(2)3/h10,12-13H,7-9H2,1-6H3/q+1. The van der Waals surface area contributed by atoms with Crippen LogP contribution < -0.4 is 0 Å². The van der Waals surface area contributed by atoms with Crippen molar-refractivity contribution in [3.05, 3.63) is 0 Å². The monoisotopic (exact) mass is 347 g/mol. The maximum absolute atomic E-state index is 13.1. The van der Waals surface area contributed by atoms with E-state index in [0.717, 1.165) is 18.6 Å². The zero-order chi connectivity index (χ0) is 18.5. The van der Waals surface area contributed by atoms with Gasteiger partial charge in [-0.05, 0) is 34.1 Å². The zero-order valence-electron chi connectivity index (χ0n) is 15.9. The number of guanidine groups is 1. The summed E-state index contributed by atoms with van der Waals surface area (Å²) in [7, 11) is 1.69. The third kappa shape index (κ3) is 2.54. The first-order valence-corrected chi connectivity index (χ1v) is 8.96. The van der Waals surface area contributed by atoms with Gasteiger partial charge >= 0.3 is 12.0 Å². The molecule has 0 aromatic rings. The van der Waals surface area contributed by atoms with Crippen LogP contribution in [0, 0.1) is 0 Å². The Balaban J connectivity index is 2.05. The number of amidine groups is 1. The van der Waals surface area contributed by atoms with Gasteiger partial charge in [-0.15, -0.1) is 10.1 Å². The quantitative estimate of drug-likeness (QED) is 0.720. The number of unbranched alkanes of at least 4 members (excludes halogenated alkanes) is 1. The number of hydrogen-bond donors (Lipinski definition) is 0. The van der Waals surface area contributed by atoms with E-state index >= 15 is 0 Å². The number of fused-ring (bicyclic) bond motifs is 2. The number of rotatable bonds is 4. The molecule has 0 bridgehead atoms. The highest BCUT2D eigenvalue weighted by atomic mass is 16.2. The van der Waals surface area contributed by atoms with E-state index in [1.54, 1.807) is 7.05 Å². The van der Waals surface area contributed by atoms with E-state index in [0.29, 0.717) is 18.3 Å². The first kappa shape index (κ1) is 17.6. The lowest BCUT2D eigenvalue weighted by atomic mass is 10.1. The van der Waals surface area contributed by atoms with Crippen LogP contribution in [0.4, 0.5) is 4.79 Å². The Morgan fingerprint density at radius 2 is 1.96 bits per heavy atom. The molecule has 136 valence electrons. The zero-order valence-corrected chi connectivity index (χ0v) is 15.9. The van der Waals surface area contributed by atoms with Crippen LogP contribution in [0.15, 0.2) is 10.1 Å². The molecule has 3 rings (SSSR count). The summed E-state index contributed by atoms with van der Waals surface area (Å²) in [5.74, 6) is 0.967. The minimum atomic E-state index is -0.559. The Labute approximate surface area is 148 Å². The molecular weight excluding hydrogens is 320 g/mol. The van der Waals surface area contributed by atoms with Gasteiger partial charge in [-0.1, -0.05) is 18.3 Å². The van der Waals surface area contributed by atoms with Crippen LogP contribution in [0.1, 0.15) is 47.5 Å². The van der Waals surface area contributed by atoms with Crippen molar-refractivity contribution in [2.24, 2.45) is 10.1 Å². The molecule has 3 heterocycles. The molecule has 3 aliphatic heterocycles. The number of aliphatic imine (C=N–C) groups is 1. The number of imide groups is 1. The SMILES string of the molecule is CCCCN1C(=O)C2C(=NC3=[N+]2C(C)C(C)=NN3C(C)C)N(C)C1=O. The van der Waals surface area contributed by atoms with Crippen LogP contribution in [0.3, 0.4) is 0 Å². The fourth-order valence-electron chi connectivity index (χ4n) is 3.40. The lowest BCUT2D eigenvalue weighted by Crippen LogP contribution is -2.64. The lowest BCUT2D eigenvalue weighted by molar-refractivity contribution is -0.559. The third-order valence-electron chi connectivity index (χ3n) is 5.05. The number of carbonyl (C=O) groups is 2. The minimum Gasteiger partial charge on any atom is -0.270 e. The molecule has 2 atom stereocenters. The molecule has 0 saturated carbocycles. The number of hydrogen-bond acceptors (Lipinski definition) is 5. The highest BCUT2D eigenvalue weighted by Crippen LogP contribution is 2.26. The molecule has 8 nitrogen and oxygen atoms in total. The van der Waals surface area contributed by atoms with Crippen LogP contribution in [0.5, 0.6) is 0 Å². The van der Waals surface area contributed by atoms with Crippen molar-refractivity contribution in [2.45, 2.75) is 65.6 Å². The number of urea groups is 1. The second kappa shape index (κ2) is 6.24. The van der Waals surface area contributed by atoms with Gasteiger partial charge in [0.15, 0.2) is 0 Å². The van der Waals surface area contributed by atoms with Crippen LogP contribution >= 0.6 is 0 Å². The molecular formula is C17H27N6O2+. The third-order valence-corrected chi connectivity index (χ3v) is 5.05. The van der Waals surface area contributed by atoms with Gasteiger partial charge in [0.05, 0.1) is 11.8 Å². The molecule has 1 fully saturated rings. The maximum atomic E-state index is 13.1. The summed E-state index contributed by atoms with van der Waals surface area (Å²) in [6, 6.07) is -0.793. The van der Waals surface area contributed by atoms with E-state index in [1.165, 1.54) is 9.80 Å². The molecule has 0 aromatic carbocycles. The lowest BCUT2D eigenvalue weighted by Gasteiger charge is -2.35.